The SMILES string of the molecule is CC(=O)Oc1ccc(C(=O)N2CC(=O)N(Cc3cccc(C(F)(F)F)c3)[C@@H](CCc3ccccc3)C2)cc1. The van der Waals surface area contributed by atoms with Gasteiger partial charge in [0.2, 0.25) is 5.91 Å². The van der Waals surface area contributed by atoms with Crippen LogP contribution in [0.5, 0.6) is 5.75 Å². The van der Waals surface area contributed by atoms with Crippen molar-refractivity contribution in [2.75, 3.05) is 13.1 Å². The Morgan fingerprint density at radius 2 is 1.63 bits per heavy atom. The van der Waals surface area contributed by atoms with Gasteiger partial charge in [-0.3, -0.25) is 14.4 Å². The molecule has 1 saturated heterocycles. The molecule has 198 valence electrons. The van der Waals surface area contributed by atoms with Crippen molar-refractivity contribution in [2.45, 2.75) is 38.5 Å². The normalized spacial score (nSPS) is 15.9. The van der Waals surface area contributed by atoms with E-state index in [1.165, 1.54) is 42.2 Å². The zero-order valence-corrected chi connectivity index (χ0v) is 20.8. The molecule has 1 aliphatic rings. The Morgan fingerprint density at radius 3 is 2.29 bits per heavy atom. The van der Waals surface area contributed by atoms with Crippen LogP contribution in [0.15, 0.2) is 78.9 Å². The average Bonchev–Trinajstić information content (AvgIpc) is 2.89. The monoisotopic (exact) mass is 524 g/mol. The molecule has 1 atom stereocenters. The van der Waals surface area contributed by atoms with E-state index in [9.17, 15) is 27.6 Å². The number of esters is 1. The highest BCUT2D eigenvalue weighted by Crippen LogP contribution is 2.30. The number of carbonyl (C=O) groups is 3. The fraction of sp³-hybridized carbons (Fsp3) is 0.276. The van der Waals surface area contributed by atoms with E-state index in [-0.39, 0.29) is 31.4 Å². The Morgan fingerprint density at radius 1 is 0.947 bits per heavy atom. The van der Waals surface area contributed by atoms with Crippen LogP contribution in [0, 0.1) is 0 Å². The van der Waals surface area contributed by atoms with E-state index in [4.69, 9.17) is 4.74 Å². The summed E-state index contributed by atoms with van der Waals surface area (Å²) >= 11 is 0. The summed E-state index contributed by atoms with van der Waals surface area (Å²) in [6.45, 7) is 1.34. The third kappa shape index (κ3) is 6.79. The van der Waals surface area contributed by atoms with Crippen LogP contribution < -0.4 is 4.74 Å². The lowest BCUT2D eigenvalue weighted by Crippen LogP contribution is -2.57. The molecule has 9 heteroatoms. The zero-order valence-electron chi connectivity index (χ0n) is 20.8. The first kappa shape index (κ1) is 26.9. The summed E-state index contributed by atoms with van der Waals surface area (Å²) in [7, 11) is 0. The van der Waals surface area contributed by atoms with Gasteiger partial charge in [-0.05, 0) is 60.4 Å². The van der Waals surface area contributed by atoms with Crippen molar-refractivity contribution in [3.8, 4) is 5.75 Å². The molecule has 2 amide bonds. The van der Waals surface area contributed by atoms with Gasteiger partial charge >= 0.3 is 12.1 Å². The van der Waals surface area contributed by atoms with Gasteiger partial charge < -0.3 is 14.5 Å². The Hall–Kier alpha value is -4.14. The molecule has 0 unspecified atom stereocenters. The molecule has 3 aromatic carbocycles. The molecule has 3 aromatic rings. The maximum atomic E-state index is 13.3. The minimum atomic E-state index is -4.48. The predicted octanol–water partition coefficient (Wildman–Crippen LogP) is 5.12. The first-order chi connectivity index (χ1) is 18.1. The van der Waals surface area contributed by atoms with Gasteiger partial charge in [-0.1, -0.05) is 42.5 Å². The molecule has 4 rings (SSSR count). The highest BCUT2D eigenvalue weighted by molar-refractivity contribution is 5.97. The smallest absolute Gasteiger partial charge is 0.416 e. The van der Waals surface area contributed by atoms with Crippen LogP contribution >= 0.6 is 0 Å². The second-order valence-electron chi connectivity index (χ2n) is 9.20. The number of aryl methyl sites for hydroxylation is 1. The highest BCUT2D eigenvalue weighted by atomic mass is 19.4. The number of hydrogen-bond acceptors (Lipinski definition) is 4. The summed E-state index contributed by atoms with van der Waals surface area (Å²) in [5, 5.41) is 0. The molecule has 0 N–H and O–H groups in total. The second-order valence-corrected chi connectivity index (χ2v) is 9.20. The minimum absolute atomic E-state index is 0.0152. The average molecular weight is 525 g/mol. The number of amides is 2. The van der Waals surface area contributed by atoms with E-state index >= 15 is 0 Å². The Bertz CT molecular complexity index is 1290. The van der Waals surface area contributed by atoms with Gasteiger partial charge in [0, 0.05) is 25.6 Å². The van der Waals surface area contributed by atoms with E-state index < -0.39 is 23.8 Å². The number of nitrogens with zero attached hydrogens (tertiary/aromatic N) is 2. The lowest BCUT2D eigenvalue weighted by molar-refractivity contribution is -0.139. The van der Waals surface area contributed by atoms with Crippen molar-refractivity contribution in [2.24, 2.45) is 0 Å². The van der Waals surface area contributed by atoms with E-state index in [2.05, 4.69) is 0 Å². The molecule has 6 nitrogen and oxygen atoms in total. The van der Waals surface area contributed by atoms with Crippen LogP contribution in [0.4, 0.5) is 13.2 Å². The molecule has 1 fully saturated rings. The van der Waals surface area contributed by atoms with Gasteiger partial charge in [-0.2, -0.15) is 13.2 Å². The van der Waals surface area contributed by atoms with E-state index in [0.717, 1.165) is 17.7 Å². The highest BCUT2D eigenvalue weighted by Gasteiger charge is 2.36. The maximum Gasteiger partial charge on any atom is 0.416 e. The minimum Gasteiger partial charge on any atom is -0.427 e. The third-order valence-corrected chi connectivity index (χ3v) is 6.38. The van der Waals surface area contributed by atoms with Crippen LogP contribution in [-0.4, -0.2) is 46.7 Å². The number of alkyl halides is 3. The maximum absolute atomic E-state index is 13.3. The standard InChI is InChI=1S/C29H27F3N2O4/c1-20(35)38-26-14-11-23(12-15-26)28(37)33-18-25(13-10-21-6-3-2-4-7-21)34(27(36)19-33)17-22-8-5-9-24(16-22)29(30,31)32/h2-9,11-12,14-16,25H,10,13,17-19H2,1H3/t25-/m0/s1. The fourth-order valence-corrected chi connectivity index (χ4v) is 4.53. The molecule has 0 saturated carbocycles. The Kier molecular flexibility index (Phi) is 8.14. The van der Waals surface area contributed by atoms with Gasteiger partial charge in [-0.15, -0.1) is 0 Å². The summed E-state index contributed by atoms with van der Waals surface area (Å²) in [6.07, 6.45) is -3.32. The molecule has 0 aliphatic carbocycles. The van der Waals surface area contributed by atoms with Gasteiger partial charge in [0.1, 0.15) is 12.3 Å². The van der Waals surface area contributed by atoms with Crippen molar-refractivity contribution in [1.82, 2.24) is 9.80 Å². The molecule has 0 radical (unpaired) electrons. The molecule has 1 aliphatic heterocycles. The molecule has 38 heavy (non-hydrogen) atoms. The number of carbonyl (C=O) groups excluding carboxylic acids is 3. The van der Waals surface area contributed by atoms with E-state index in [1.807, 2.05) is 30.3 Å². The lowest BCUT2D eigenvalue weighted by atomic mass is 9.99. The topological polar surface area (TPSA) is 66.9 Å². The molecular weight excluding hydrogens is 497 g/mol. The summed E-state index contributed by atoms with van der Waals surface area (Å²) in [6, 6.07) is 20.3. The van der Waals surface area contributed by atoms with Crippen molar-refractivity contribution in [1.29, 1.82) is 0 Å². The number of benzene rings is 3. The molecule has 0 spiro atoms. The number of rotatable bonds is 7. The summed E-state index contributed by atoms with van der Waals surface area (Å²) < 4.78 is 44.7. The van der Waals surface area contributed by atoms with Crippen LogP contribution in [0.25, 0.3) is 0 Å². The van der Waals surface area contributed by atoms with Gasteiger partial charge in [0.15, 0.2) is 0 Å². The number of hydrogen-bond donors (Lipinski definition) is 0. The van der Waals surface area contributed by atoms with Crippen LogP contribution in [0.3, 0.4) is 0 Å². The van der Waals surface area contributed by atoms with Crippen LogP contribution in [-0.2, 0) is 28.7 Å². The van der Waals surface area contributed by atoms with Crippen LogP contribution in [0.2, 0.25) is 0 Å². The molecule has 1 heterocycles. The number of piperazine rings is 1. The second kappa shape index (κ2) is 11.5. The first-order valence-electron chi connectivity index (χ1n) is 12.2. The number of halogens is 3. The first-order valence-corrected chi connectivity index (χ1v) is 12.2. The third-order valence-electron chi connectivity index (χ3n) is 6.38. The van der Waals surface area contributed by atoms with Crippen molar-refractivity contribution >= 4 is 17.8 Å². The van der Waals surface area contributed by atoms with Crippen molar-refractivity contribution < 1.29 is 32.3 Å². The predicted molar refractivity (Wildman–Crippen MR) is 134 cm³/mol. The molecular formula is C29H27F3N2O4. The van der Waals surface area contributed by atoms with Gasteiger partial charge in [0.05, 0.1) is 11.6 Å². The van der Waals surface area contributed by atoms with Gasteiger partial charge in [0.25, 0.3) is 5.91 Å². The van der Waals surface area contributed by atoms with Crippen molar-refractivity contribution in [3.63, 3.8) is 0 Å². The summed E-state index contributed by atoms with van der Waals surface area (Å²) in [5.41, 5.74) is 0.998. The Labute approximate surface area is 218 Å². The van der Waals surface area contributed by atoms with Crippen molar-refractivity contribution in [3.05, 3.63) is 101 Å². The molecule has 0 aromatic heterocycles. The van der Waals surface area contributed by atoms with Crippen LogP contribution in [0.1, 0.15) is 40.4 Å². The summed E-state index contributed by atoms with van der Waals surface area (Å²) in [5.74, 6) is -0.864. The molecule has 0 bridgehead atoms. The largest absolute Gasteiger partial charge is 0.427 e. The number of ether oxygens (including phenoxy) is 1. The van der Waals surface area contributed by atoms with E-state index in [1.54, 1.807) is 11.0 Å². The summed E-state index contributed by atoms with van der Waals surface area (Å²) in [4.78, 5) is 40.7. The Balaban J connectivity index is 1.54. The quantitative estimate of drug-likeness (QED) is 0.318. The zero-order chi connectivity index (χ0) is 27.3. The lowest BCUT2D eigenvalue weighted by Gasteiger charge is -2.41. The van der Waals surface area contributed by atoms with E-state index in [0.29, 0.717) is 29.7 Å². The fourth-order valence-electron chi connectivity index (χ4n) is 4.53. The van der Waals surface area contributed by atoms with Gasteiger partial charge in [-0.25, -0.2) is 0 Å².